The molecule has 0 aromatic heterocycles. The van der Waals surface area contributed by atoms with E-state index in [2.05, 4.69) is 4.74 Å². The number of methoxy groups -OCH3 is 1. The minimum Gasteiger partial charge on any atom is -0.494 e. The van der Waals surface area contributed by atoms with E-state index in [4.69, 9.17) is 0 Å². The van der Waals surface area contributed by atoms with Crippen molar-refractivity contribution in [2.75, 3.05) is 7.11 Å². The third-order valence-electron chi connectivity index (χ3n) is 5.46. The third-order valence-corrected chi connectivity index (χ3v) is 8.82. The Hall–Kier alpha value is -2.19. The van der Waals surface area contributed by atoms with E-state index in [0.717, 1.165) is 13.2 Å². The minimum atomic E-state index is -4.82. The van der Waals surface area contributed by atoms with Crippen LogP contribution < -0.4 is 9.16 Å². The fraction of sp³-hybridized carbons (Fsp3) is 0.333. The van der Waals surface area contributed by atoms with Crippen LogP contribution in [0.3, 0.4) is 0 Å². The molecule has 178 valence electrons. The fourth-order valence-corrected chi connectivity index (χ4v) is 6.95. The van der Waals surface area contributed by atoms with Crippen molar-refractivity contribution in [3.8, 4) is 5.75 Å². The van der Waals surface area contributed by atoms with E-state index in [0.29, 0.717) is 19.9 Å². The molecule has 1 aromatic rings. The van der Waals surface area contributed by atoms with Crippen LogP contribution in [0.25, 0.3) is 0 Å². The van der Waals surface area contributed by atoms with Gasteiger partial charge in [0, 0.05) is 0 Å². The minimum absolute atomic E-state index is 0.0544. The molecule has 0 heterocycles. The van der Waals surface area contributed by atoms with E-state index in [1.165, 1.54) is 0 Å². The molecule has 4 atom stereocenters. The number of rotatable bonds is 4. The zero-order valence-electron chi connectivity index (χ0n) is 17.2. The summed E-state index contributed by atoms with van der Waals surface area (Å²) < 4.78 is 147. The molecule has 3 rings (SSSR count). The summed E-state index contributed by atoms with van der Waals surface area (Å²) in [6.07, 6.45) is -6.52. The van der Waals surface area contributed by atoms with E-state index in [1.54, 1.807) is 0 Å². The zero-order valence-corrected chi connectivity index (χ0v) is 18.4. The van der Waals surface area contributed by atoms with Crippen LogP contribution in [0, 0.1) is 11.6 Å². The summed E-state index contributed by atoms with van der Waals surface area (Å²) in [6.45, 7) is 0.925. The van der Waals surface area contributed by atoms with Crippen molar-refractivity contribution in [3.63, 3.8) is 0 Å². The summed E-state index contributed by atoms with van der Waals surface area (Å²) >= 11 is -4.82. The Balaban J connectivity index is 2.44. The second kappa shape index (κ2) is 8.55. The summed E-state index contributed by atoms with van der Waals surface area (Å²) in [4.78, 5) is 0. The van der Waals surface area contributed by atoms with Crippen molar-refractivity contribution in [3.05, 3.63) is 68.1 Å². The van der Waals surface area contributed by atoms with Crippen LogP contribution in [0.2, 0.25) is 0 Å². The van der Waals surface area contributed by atoms with Gasteiger partial charge in [-0.3, -0.25) is 0 Å². The molecule has 1 nitrogen and oxygen atoms in total. The molecule has 0 amide bonds. The normalized spacial score (nSPS) is 30.3. The van der Waals surface area contributed by atoms with Gasteiger partial charge in [-0.25, -0.2) is 43.9 Å². The first-order valence-corrected chi connectivity index (χ1v) is 11.1. The molecule has 2 aliphatic carbocycles. The Kier molecular flexibility index (Phi) is 6.59. The van der Waals surface area contributed by atoms with Crippen molar-refractivity contribution in [1.82, 2.24) is 0 Å². The quantitative estimate of drug-likeness (QED) is 0.361. The Morgan fingerprint density at radius 1 is 0.788 bits per heavy atom. The number of hydrogen-bond acceptors (Lipinski definition) is 1. The monoisotopic (exact) mass is 500 g/mol. The van der Waals surface area contributed by atoms with Gasteiger partial charge in [0.15, 0.2) is 35.2 Å². The average Bonchev–Trinajstić information content (AvgIpc) is 2.70. The lowest BCUT2D eigenvalue weighted by Gasteiger charge is -2.32. The van der Waals surface area contributed by atoms with Gasteiger partial charge in [0.1, 0.15) is 29.1 Å². The van der Waals surface area contributed by atoms with Gasteiger partial charge in [0.2, 0.25) is 0 Å². The second-order valence-electron chi connectivity index (χ2n) is 7.95. The van der Waals surface area contributed by atoms with E-state index in [-0.39, 0.29) is 12.2 Å². The number of allylic oxidation sites excluding steroid dienone is 8. The predicted octanol–water partition coefficient (Wildman–Crippen LogP) is 6.07. The standard InChI is InChI=1S/2C7H5F4.C7H5F2O.Al/c2*1-7(11)3-4(8)2-5(9)6(7)10;1-10-7-3-2-5(8)4-6(7)9;/h2*3,6H,1H3;2-3H,1H3;. The van der Waals surface area contributed by atoms with E-state index >= 15 is 4.39 Å². The molecule has 33 heavy (non-hydrogen) atoms. The first-order valence-electron chi connectivity index (χ1n) is 9.40. The van der Waals surface area contributed by atoms with Gasteiger partial charge in [-0.1, -0.05) is 0 Å². The fourth-order valence-electron chi connectivity index (χ4n) is 3.75. The van der Waals surface area contributed by atoms with Crippen LogP contribution in [0.5, 0.6) is 5.75 Å². The first-order chi connectivity index (χ1) is 15.2. The number of ether oxygens (including phenoxy) is 1. The molecule has 2 aliphatic rings. The molecule has 12 heteroatoms. The Bertz CT molecular complexity index is 1060. The number of alkyl halides is 4. The van der Waals surface area contributed by atoms with Crippen molar-refractivity contribution < 1.29 is 48.6 Å². The molecule has 0 fully saturated rings. The maximum atomic E-state index is 15.1. The lowest BCUT2D eigenvalue weighted by molar-refractivity contribution is 0.113. The summed E-state index contributed by atoms with van der Waals surface area (Å²) in [5.41, 5.74) is -6.48. The van der Waals surface area contributed by atoms with Crippen molar-refractivity contribution >= 4 is 18.6 Å². The molecule has 0 saturated carbocycles. The molecule has 0 radical (unpaired) electrons. The van der Waals surface area contributed by atoms with Gasteiger partial charge in [0.25, 0.3) is 0 Å². The predicted molar refractivity (Wildman–Crippen MR) is 102 cm³/mol. The number of benzene rings is 1. The topological polar surface area (TPSA) is 9.23 Å². The Labute approximate surface area is 186 Å². The molecule has 4 unspecified atom stereocenters. The van der Waals surface area contributed by atoms with Crippen LogP contribution in [0.4, 0.5) is 43.9 Å². The van der Waals surface area contributed by atoms with E-state index < -0.39 is 91.8 Å². The van der Waals surface area contributed by atoms with Crippen LogP contribution in [0.15, 0.2) is 56.5 Å². The Morgan fingerprint density at radius 2 is 1.21 bits per heavy atom. The Morgan fingerprint density at radius 3 is 1.61 bits per heavy atom. The van der Waals surface area contributed by atoms with Gasteiger partial charge in [-0.15, -0.1) is 0 Å². The first kappa shape index (κ1) is 25.4. The SMILES string of the molecule is COc1ccc(F)[c]([Al]([C]2=C(F)C(F)C(C)(F)C=C2F)[C]2=C(F)C(F)C(C)(F)C=C2F)c1F. The van der Waals surface area contributed by atoms with Crippen molar-refractivity contribution in [2.45, 2.75) is 37.5 Å². The summed E-state index contributed by atoms with van der Waals surface area (Å²) in [6, 6.07) is 1.30. The van der Waals surface area contributed by atoms with Crippen LogP contribution in [0.1, 0.15) is 13.8 Å². The van der Waals surface area contributed by atoms with Crippen LogP contribution >= 0.6 is 0 Å². The third kappa shape index (κ3) is 4.12. The van der Waals surface area contributed by atoms with Gasteiger partial charge in [-0.05, 0) is 51.4 Å². The summed E-state index contributed by atoms with van der Waals surface area (Å²) in [5, 5.41) is 0. The molecular formula is C21H15AlF10O. The molecule has 1 aromatic carbocycles. The highest BCUT2D eigenvalue weighted by molar-refractivity contribution is 6.87. The number of hydrogen-bond donors (Lipinski definition) is 0. The largest absolute Gasteiger partial charge is 0.494 e. The lowest BCUT2D eigenvalue weighted by Crippen LogP contribution is -2.47. The van der Waals surface area contributed by atoms with Crippen LogP contribution in [-0.2, 0) is 0 Å². The highest BCUT2D eigenvalue weighted by Crippen LogP contribution is 2.45. The molecule has 0 bridgehead atoms. The molecule has 0 saturated heterocycles. The number of halogens is 10. The molecule has 0 aliphatic heterocycles. The maximum Gasteiger partial charge on any atom is 0.411 e. The molecular weight excluding hydrogens is 485 g/mol. The zero-order chi connectivity index (χ0) is 25.0. The highest BCUT2D eigenvalue weighted by Gasteiger charge is 2.53. The smallest absolute Gasteiger partial charge is 0.411 e. The average molecular weight is 500 g/mol. The van der Waals surface area contributed by atoms with Crippen molar-refractivity contribution in [1.29, 1.82) is 0 Å². The van der Waals surface area contributed by atoms with Gasteiger partial charge in [-0.2, -0.15) is 0 Å². The molecule has 0 spiro atoms. The maximum absolute atomic E-state index is 15.1. The highest BCUT2D eigenvalue weighted by atomic mass is 27.2. The second-order valence-corrected chi connectivity index (χ2v) is 10.5. The van der Waals surface area contributed by atoms with E-state index in [9.17, 15) is 39.5 Å². The van der Waals surface area contributed by atoms with E-state index in [1.807, 2.05) is 0 Å². The summed E-state index contributed by atoms with van der Waals surface area (Å²) in [7, 11) is 0.927. The molecule has 0 N–H and O–H groups in total. The van der Waals surface area contributed by atoms with Gasteiger partial charge < -0.3 is 4.74 Å². The lowest BCUT2D eigenvalue weighted by atomic mass is 9.95. The van der Waals surface area contributed by atoms with Crippen LogP contribution in [-0.4, -0.2) is 44.9 Å². The van der Waals surface area contributed by atoms with Gasteiger partial charge in [0.05, 0.1) is 7.11 Å². The summed E-state index contributed by atoms with van der Waals surface area (Å²) in [5.74, 6) is -12.1. The van der Waals surface area contributed by atoms with Crippen molar-refractivity contribution in [2.24, 2.45) is 0 Å². The van der Waals surface area contributed by atoms with Gasteiger partial charge >= 0.3 is 14.1 Å².